The highest BCUT2D eigenvalue weighted by Crippen LogP contribution is 2.32. The maximum Gasteiger partial charge on any atom is 0.416 e. The lowest BCUT2D eigenvalue weighted by Crippen LogP contribution is -2.49. The Balaban J connectivity index is 1.31. The van der Waals surface area contributed by atoms with Crippen LogP contribution in [0, 0.1) is 0 Å². The third-order valence-corrected chi connectivity index (χ3v) is 5.58. The molecule has 0 atom stereocenters. The summed E-state index contributed by atoms with van der Waals surface area (Å²) in [7, 11) is 0. The number of anilines is 1. The summed E-state index contributed by atoms with van der Waals surface area (Å²) in [5.41, 5.74) is 1.28. The van der Waals surface area contributed by atoms with Gasteiger partial charge in [0.1, 0.15) is 5.52 Å². The molecule has 0 unspecified atom stereocenters. The number of amides is 1. The number of carbonyl (C=O) groups is 1. The Labute approximate surface area is 169 Å². The number of carbonyl (C=O) groups excluding carboxylic acids is 1. The average Bonchev–Trinajstić information content (AvgIpc) is 3.15. The number of nitrogens with zero attached hydrogens (tertiary/aromatic N) is 3. The van der Waals surface area contributed by atoms with Crippen molar-refractivity contribution in [2.75, 3.05) is 36.8 Å². The van der Waals surface area contributed by atoms with Crippen LogP contribution in [-0.2, 0) is 11.0 Å². The highest BCUT2D eigenvalue weighted by Gasteiger charge is 2.31. The summed E-state index contributed by atoms with van der Waals surface area (Å²) < 4.78 is 44.3. The SMILES string of the molecule is O=C(CSc1nc2ccccc2o1)N1CCN(c2cccc(C(F)(F)F)c2)CC1. The van der Waals surface area contributed by atoms with Gasteiger partial charge in [-0.3, -0.25) is 4.79 Å². The number of aromatic nitrogens is 1. The van der Waals surface area contributed by atoms with Crippen LogP contribution >= 0.6 is 11.8 Å². The van der Waals surface area contributed by atoms with Crippen LogP contribution in [0.5, 0.6) is 0 Å². The molecule has 1 saturated heterocycles. The molecule has 3 aromatic rings. The van der Waals surface area contributed by atoms with Gasteiger partial charge in [0, 0.05) is 31.9 Å². The molecule has 2 aromatic carbocycles. The molecular weight excluding hydrogens is 403 g/mol. The molecule has 2 heterocycles. The second kappa shape index (κ2) is 7.98. The quantitative estimate of drug-likeness (QED) is 0.589. The van der Waals surface area contributed by atoms with Crippen molar-refractivity contribution in [1.29, 1.82) is 0 Å². The van der Waals surface area contributed by atoms with E-state index in [1.54, 1.807) is 11.0 Å². The van der Waals surface area contributed by atoms with Crippen LogP contribution in [0.15, 0.2) is 58.2 Å². The predicted molar refractivity (Wildman–Crippen MR) is 105 cm³/mol. The number of rotatable bonds is 4. The number of hydrogen-bond donors (Lipinski definition) is 0. The van der Waals surface area contributed by atoms with Crippen molar-refractivity contribution in [2.45, 2.75) is 11.4 Å². The van der Waals surface area contributed by atoms with Gasteiger partial charge in [-0.05, 0) is 30.3 Å². The van der Waals surface area contributed by atoms with Crippen LogP contribution in [0.1, 0.15) is 5.56 Å². The normalized spacial score (nSPS) is 15.1. The first-order valence-electron chi connectivity index (χ1n) is 9.08. The van der Waals surface area contributed by atoms with E-state index in [4.69, 9.17) is 4.42 Å². The van der Waals surface area contributed by atoms with Crippen LogP contribution < -0.4 is 4.90 Å². The van der Waals surface area contributed by atoms with Crippen molar-refractivity contribution in [3.8, 4) is 0 Å². The molecule has 29 heavy (non-hydrogen) atoms. The molecule has 0 saturated carbocycles. The summed E-state index contributed by atoms with van der Waals surface area (Å²) in [6, 6.07) is 12.7. The molecule has 1 aromatic heterocycles. The summed E-state index contributed by atoms with van der Waals surface area (Å²) >= 11 is 1.24. The topological polar surface area (TPSA) is 49.6 Å². The minimum Gasteiger partial charge on any atom is -0.431 e. The molecule has 4 rings (SSSR count). The third kappa shape index (κ3) is 4.50. The van der Waals surface area contributed by atoms with Gasteiger partial charge in [0.05, 0.1) is 11.3 Å². The van der Waals surface area contributed by atoms with Crippen molar-refractivity contribution in [1.82, 2.24) is 9.88 Å². The fraction of sp³-hybridized carbons (Fsp3) is 0.300. The predicted octanol–water partition coefficient (Wildman–Crippen LogP) is 4.29. The Hall–Kier alpha value is -2.68. The first kappa shape index (κ1) is 19.6. The Morgan fingerprint density at radius 3 is 2.55 bits per heavy atom. The monoisotopic (exact) mass is 421 g/mol. The Bertz CT molecular complexity index is 980. The number of benzene rings is 2. The van der Waals surface area contributed by atoms with Crippen molar-refractivity contribution in [2.24, 2.45) is 0 Å². The molecule has 0 N–H and O–H groups in total. The molecule has 0 radical (unpaired) electrons. The van der Waals surface area contributed by atoms with Crippen LogP contribution in [0.3, 0.4) is 0 Å². The second-order valence-electron chi connectivity index (χ2n) is 6.65. The first-order chi connectivity index (χ1) is 13.9. The zero-order chi connectivity index (χ0) is 20.4. The summed E-state index contributed by atoms with van der Waals surface area (Å²) in [6.45, 7) is 1.90. The largest absolute Gasteiger partial charge is 0.431 e. The molecule has 152 valence electrons. The Morgan fingerprint density at radius 1 is 1.07 bits per heavy atom. The first-order valence-corrected chi connectivity index (χ1v) is 10.1. The fourth-order valence-corrected chi connectivity index (χ4v) is 3.96. The molecule has 9 heteroatoms. The van der Waals surface area contributed by atoms with Crippen molar-refractivity contribution >= 4 is 34.5 Å². The van der Waals surface area contributed by atoms with E-state index in [0.29, 0.717) is 42.7 Å². The fourth-order valence-electron chi connectivity index (χ4n) is 3.22. The number of hydrogen-bond acceptors (Lipinski definition) is 5. The van der Waals surface area contributed by atoms with E-state index in [9.17, 15) is 18.0 Å². The highest BCUT2D eigenvalue weighted by atomic mass is 32.2. The maximum absolute atomic E-state index is 12.9. The highest BCUT2D eigenvalue weighted by molar-refractivity contribution is 7.99. The zero-order valence-corrected chi connectivity index (χ0v) is 16.2. The minimum atomic E-state index is -4.37. The van der Waals surface area contributed by atoms with Gasteiger partial charge < -0.3 is 14.2 Å². The lowest BCUT2D eigenvalue weighted by molar-refractivity contribution is -0.137. The number of para-hydroxylation sites is 2. The van der Waals surface area contributed by atoms with Gasteiger partial charge in [-0.15, -0.1) is 0 Å². The van der Waals surface area contributed by atoms with Crippen LogP contribution in [0.25, 0.3) is 11.1 Å². The van der Waals surface area contributed by atoms with E-state index in [-0.39, 0.29) is 11.7 Å². The van der Waals surface area contributed by atoms with Crippen LogP contribution in [-0.4, -0.2) is 47.7 Å². The average molecular weight is 421 g/mol. The molecular formula is C20H18F3N3O2S. The molecule has 0 bridgehead atoms. The maximum atomic E-state index is 12.9. The number of alkyl halides is 3. The van der Waals surface area contributed by atoms with Gasteiger partial charge in [-0.1, -0.05) is 30.0 Å². The van der Waals surface area contributed by atoms with E-state index in [2.05, 4.69) is 4.98 Å². The van der Waals surface area contributed by atoms with Gasteiger partial charge in [-0.25, -0.2) is 4.98 Å². The molecule has 0 aliphatic carbocycles. The van der Waals surface area contributed by atoms with Gasteiger partial charge in [0.2, 0.25) is 5.91 Å². The van der Waals surface area contributed by atoms with E-state index in [1.807, 2.05) is 29.2 Å². The Morgan fingerprint density at radius 2 is 1.83 bits per heavy atom. The second-order valence-corrected chi connectivity index (χ2v) is 7.58. The van der Waals surface area contributed by atoms with E-state index in [0.717, 1.165) is 17.6 Å². The van der Waals surface area contributed by atoms with Crippen LogP contribution in [0.2, 0.25) is 0 Å². The number of oxazole rings is 1. The number of halogens is 3. The number of fused-ring (bicyclic) bond motifs is 1. The number of piperazine rings is 1. The van der Waals surface area contributed by atoms with Crippen LogP contribution in [0.4, 0.5) is 18.9 Å². The summed E-state index contributed by atoms with van der Waals surface area (Å²) in [5.74, 6) is 0.164. The lowest BCUT2D eigenvalue weighted by atomic mass is 10.1. The van der Waals surface area contributed by atoms with Gasteiger partial charge >= 0.3 is 6.18 Å². The van der Waals surface area contributed by atoms with E-state index < -0.39 is 11.7 Å². The minimum absolute atomic E-state index is 0.0408. The smallest absolute Gasteiger partial charge is 0.416 e. The molecule has 1 amide bonds. The molecule has 1 fully saturated rings. The summed E-state index contributed by atoms with van der Waals surface area (Å²) in [4.78, 5) is 20.4. The Kier molecular flexibility index (Phi) is 5.40. The summed E-state index contributed by atoms with van der Waals surface area (Å²) in [5, 5.41) is 0.446. The molecule has 1 aliphatic rings. The van der Waals surface area contributed by atoms with E-state index in [1.165, 1.54) is 17.8 Å². The van der Waals surface area contributed by atoms with Crippen molar-refractivity contribution < 1.29 is 22.4 Å². The zero-order valence-electron chi connectivity index (χ0n) is 15.4. The molecule has 0 spiro atoms. The van der Waals surface area contributed by atoms with Gasteiger partial charge in [0.15, 0.2) is 5.58 Å². The molecule has 5 nitrogen and oxygen atoms in total. The van der Waals surface area contributed by atoms with Gasteiger partial charge in [-0.2, -0.15) is 13.2 Å². The third-order valence-electron chi connectivity index (χ3n) is 4.76. The molecule has 1 aliphatic heterocycles. The van der Waals surface area contributed by atoms with E-state index >= 15 is 0 Å². The van der Waals surface area contributed by atoms with Gasteiger partial charge in [0.25, 0.3) is 5.22 Å². The number of thioether (sulfide) groups is 1. The van der Waals surface area contributed by atoms with Crippen molar-refractivity contribution in [3.63, 3.8) is 0 Å². The van der Waals surface area contributed by atoms with Crippen molar-refractivity contribution in [3.05, 3.63) is 54.1 Å². The lowest BCUT2D eigenvalue weighted by Gasteiger charge is -2.36. The standard InChI is InChI=1S/C20H18F3N3O2S/c21-20(22,23)14-4-3-5-15(12-14)25-8-10-26(11-9-25)18(27)13-29-19-24-16-6-1-2-7-17(16)28-19/h1-7,12H,8-11,13H2. The summed E-state index contributed by atoms with van der Waals surface area (Å²) in [6.07, 6.45) is -4.37.